The first-order valence-corrected chi connectivity index (χ1v) is 5.74. The molecule has 0 aromatic heterocycles. The van der Waals surface area contributed by atoms with E-state index in [2.05, 4.69) is 5.32 Å². The predicted molar refractivity (Wildman–Crippen MR) is 64.1 cm³/mol. The molecule has 1 unspecified atom stereocenters. The minimum atomic E-state index is -0.381. The number of hydrogen-bond donors (Lipinski definition) is 2. The van der Waals surface area contributed by atoms with Crippen LogP contribution in [-0.4, -0.2) is 18.3 Å². The van der Waals surface area contributed by atoms with E-state index in [0.29, 0.717) is 12.1 Å². The molecule has 0 aliphatic rings. The highest BCUT2D eigenvalue weighted by atomic mass is 35.5. The van der Waals surface area contributed by atoms with Gasteiger partial charge in [-0.25, -0.2) is 4.39 Å². The van der Waals surface area contributed by atoms with E-state index in [4.69, 9.17) is 16.7 Å². The number of hydrogen-bond acceptors (Lipinski definition) is 2. The molecule has 1 aromatic carbocycles. The fraction of sp³-hybridized carbons (Fsp3) is 0.500. The summed E-state index contributed by atoms with van der Waals surface area (Å²) >= 11 is 5.74. The average Bonchev–Trinajstić information content (AvgIpc) is 2.24. The Hall–Kier alpha value is -0.640. The molecule has 0 radical (unpaired) electrons. The Morgan fingerprint density at radius 2 is 2.12 bits per heavy atom. The highest BCUT2D eigenvalue weighted by Gasteiger charge is 2.19. The zero-order valence-corrected chi connectivity index (χ0v) is 10.3. The van der Waals surface area contributed by atoms with Crippen molar-refractivity contribution < 1.29 is 9.50 Å². The van der Waals surface area contributed by atoms with Crippen molar-refractivity contribution in [3.8, 4) is 0 Å². The maximum absolute atomic E-state index is 13.8. The van der Waals surface area contributed by atoms with Crippen LogP contribution >= 0.6 is 11.6 Å². The minimum Gasteiger partial charge on any atom is -0.395 e. The van der Waals surface area contributed by atoms with E-state index in [-0.39, 0.29) is 29.4 Å². The van der Waals surface area contributed by atoms with Crippen LogP contribution in [0.1, 0.15) is 25.5 Å². The second kappa shape index (κ2) is 6.18. The summed E-state index contributed by atoms with van der Waals surface area (Å²) in [6.45, 7) is 4.46. The molecule has 0 spiro atoms. The largest absolute Gasteiger partial charge is 0.395 e. The summed E-state index contributed by atoms with van der Waals surface area (Å²) in [6, 6.07) is 4.85. The lowest BCUT2D eigenvalue weighted by Crippen LogP contribution is -2.29. The van der Waals surface area contributed by atoms with Gasteiger partial charge in [-0.2, -0.15) is 0 Å². The average molecular weight is 246 g/mol. The Bertz CT molecular complexity index is 344. The maximum Gasteiger partial charge on any atom is 0.146 e. The van der Waals surface area contributed by atoms with Gasteiger partial charge in [0.2, 0.25) is 0 Å². The normalized spacial score (nSPS) is 13.1. The predicted octanol–water partition coefficient (Wildman–Crippen LogP) is 2.76. The van der Waals surface area contributed by atoms with Crippen LogP contribution in [0.3, 0.4) is 0 Å². The van der Waals surface area contributed by atoms with Gasteiger partial charge in [-0.3, -0.25) is 0 Å². The molecule has 1 aromatic rings. The van der Waals surface area contributed by atoms with Crippen molar-refractivity contribution in [1.29, 1.82) is 0 Å². The van der Waals surface area contributed by atoms with Crippen LogP contribution in [0.5, 0.6) is 0 Å². The second-order valence-electron chi connectivity index (χ2n) is 4.04. The summed E-state index contributed by atoms with van der Waals surface area (Å²) in [4.78, 5) is 0. The van der Waals surface area contributed by atoms with E-state index in [0.717, 1.165) is 0 Å². The smallest absolute Gasteiger partial charge is 0.146 e. The Morgan fingerprint density at radius 1 is 1.44 bits per heavy atom. The molecule has 0 aliphatic carbocycles. The van der Waals surface area contributed by atoms with Crippen LogP contribution in [0.4, 0.5) is 4.39 Å². The molecule has 16 heavy (non-hydrogen) atoms. The fourth-order valence-corrected chi connectivity index (χ4v) is 1.87. The van der Waals surface area contributed by atoms with Gasteiger partial charge in [0.1, 0.15) is 5.82 Å². The molecule has 0 saturated carbocycles. The molecule has 1 atom stereocenters. The number of halogens is 2. The molecule has 0 amide bonds. The van der Waals surface area contributed by atoms with E-state index in [9.17, 15) is 4.39 Å². The first-order chi connectivity index (χ1) is 7.57. The van der Waals surface area contributed by atoms with E-state index in [1.165, 1.54) is 6.07 Å². The minimum absolute atomic E-state index is 0.0331. The molecular weight excluding hydrogens is 229 g/mol. The van der Waals surface area contributed by atoms with Gasteiger partial charge >= 0.3 is 0 Å². The monoisotopic (exact) mass is 245 g/mol. The van der Waals surface area contributed by atoms with Crippen molar-refractivity contribution >= 4 is 11.6 Å². The van der Waals surface area contributed by atoms with Gasteiger partial charge in [0.15, 0.2) is 0 Å². The Morgan fingerprint density at radius 3 is 2.69 bits per heavy atom. The molecule has 1 rings (SSSR count). The van der Waals surface area contributed by atoms with Crippen molar-refractivity contribution in [3.63, 3.8) is 0 Å². The number of benzene rings is 1. The summed E-state index contributed by atoms with van der Waals surface area (Å²) in [5.41, 5.74) is 0.552. The summed E-state index contributed by atoms with van der Waals surface area (Å²) in [6.07, 6.45) is 0. The van der Waals surface area contributed by atoms with Crippen LogP contribution in [-0.2, 0) is 0 Å². The van der Waals surface area contributed by atoms with Crippen molar-refractivity contribution in [1.82, 2.24) is 5.32 Å². The second-order valence-corrected chi connectivity index (χ2v) is 4.45. The fourth-order valence-electron chi connectivity index (χ4n) is 1.69. The van der Waals surface area contributed by atoms with Crippen molar-refractivity contribution in [3.05, 3.63) is 34.6 Å². The first-order valence-electron chi connectivity index (χ1n) is 5.36. The lowest BCUT2D eigenvalue weighted by atomic mass is 9.95. The highest BCUT2D eigenvalue weighted by Crippen LogP contribution is 2.27. The number of nitrogens with one attached hydrogen (secondary N) is 1. The van der Waals surface area contributed by atoms with Crippen LogP contribution in [0.25, 0.3) is 0 Å². The van der Waals surface area contributed by atoms with Crippen LogP contribution in [0.2, 0.25) is 5.02 Å². The van der Waals surface area contributed by atoms with Gasteiger partial charge < -0.3 is 10.4 Å². The quantitative estimate of drug-likeness (QED) is 0.836. The van der Waals surface area contributed by atoms with E-state index >= 15 is 0 Å². The van der Waals surface area contributed by atoms with Gasteiger partial charge in [-0.05, 0) is 12.0 Å². The first kappa shape index (κ1) is 13.4. The highest BCUT2D eigenvalue weighted by molar-refractivity contribution is 6.30. The third kappa shape index (κ3) is 3.17. The third-order valence-electron chi connectivity index (χ3n) is 2.46. The summed E-state index contributed by atoms with van der Waals surface area (Å²) in [7, 11) is 0. The molecule has 0 saturated heterocycles. The Kier molecular flexibility index (Phi) is 5.19. The molecule has 2 nitrogen and oxygen atoms in total. The zero-order chi connectivity index (χ0) is 12.1. The Balaban J connectivity index is 2.96. The van der Waals surface area contributed by atoms with Crippen LogP contribution < -0.4 is 5.32 Å². The van der Waals surface area contributed by atoms with Gasteiger partial charge in [0, 0.05) is 18.2 Å². The molecule has 0 fully saturated rings. The molecule has 0 bridgehead atoms. The van der Waals surface area contributed by atoms with Crippen molar-refractivity contribution in [2.45, 2.75) is 19.9 Å². The molecule has 0 heterocycles. The number of aliphatic hydroxyl groups excluding tert-OH is 1. The number of aliphatic hydroxyl groups is 1. The van der Waals surface area contributed by atoms with Crippen molar-refractivity contribution in [2.75, 3.05) is 13.2 Å². The lowest BCUT2D eigenvalue weighted by molar-refractivity contribution is 0.273. The topological polar surface area (TPSA) is 32.3 Å². The summed E-state index contributed by atoms with van der Waals surface area (Å²) in [5, 5.41) is 12.0. The van der Waals surface area contributed by atoms with E-state index in [1.807, 2.05) is 13.8 Å². The van der Waals surface area contributed by atoms with Gasteiger partial charge in [0.05, 0.1) is 11.6 Å². The summed E-state index contributed by atoms with van der Waals surface area (Å²) < 4.78 is 13.8. The standard InChI is InChI=1S/C12H17ClFNO/c1-8(2)12(15-6-7-16)9-4-3-5-10(13)11(9)14/h3-5,8,12,15-16H,6-7H2,1-2H3. The van der Waals surface area contributed by atoms with Crippen LogP contribution in [0, 0.1) is 11.7 Å². The molecule has 2 N–H and O–H groups in total. The molecule has 90 valence electrons. The zero-order valence-electron chi connectivity index (χ0n) is 9.50. The summed E-state index contributed by atoms with van der Waals surface area (Å²) in [5.74, 6) is -0.159. The maximum atomic E-state index is 13.8. The third-order valence-corrected chi connectivity index (χ3v) is 2.75. The molecule has 4 heteroatoms. The SMILES string of the molecule is CC(C)C(NCCO)c1cccc(Cl)c1F. The van der Waals surface area contributed by atoms with Gasteiger partial charge in [-0.1, -0.05) is 37.6 Å². The molecule has 0 aliphatic heterocycles. The molecular formula is C12H17ClFNO. The van der Waals surface area contributed by atoms with E-state index in [1.54, 1.807) is 12.1 Å². The van der Waals surface area contributed by atoms with Crippen molar-refractivity contribution in [2.24, 2.45) is 5.92 Å². The Labute approximate surface area is 100 Å². The number of rotatable bonds is 5. The van der Waals surface area contributed by atoms with Gasteiger partial charge in [0.25, 0.3) is 0 Å². The van der Waals surface area contributed by atoms with E-state index < -0.39 is 0 Å². The van der Waals surface area contributed by atoms with Gasteiger partial charge in [-0.15, -0.1) is 0 Å². The lowest BCUT2D eigenvalue weighted by Gasteiger charge is -2.23. The van der Waals surface area contributed by atoms with Crippen LogP contribution in [0.15, 0.2) is 18.2 Å².